The highest BCUT2D eigenvalue weighted by Gasteiger charge is 2.59. The molecule has 3 fully saturated rings. The Bertz CT molecular complexity index is 2010. The van der Waals surface area contributed by atoms with Crippen LogP contribution in [0.25, 0.3) is 0 Å². The summed E-state index contributed by atoms with van der Waals surface area (Å²) >= 11 is 0. The van der Waals surface area contributed by atoms with Crippen LogP contribution >= 0.6 is 0 Å². The largest absolute Gasteiger partial charge is 0.497 e. The number of methoxy groups -OCH3 is 2. The van der Waals surface area contributed by atoms with Crippen LogP contribution in [0.15, 0.2) is 59.6 Å². The summed E-state index contributed by atoms with van der Waals surface area (Å²) in [5.41, 5.74) is -1.63. The van der Waals surface area contributed by atoms with E-state index < -0.39 is 27.5 Å². The van der Waals surface area contributed by atoms with E-state index in [1.807, 2.05) is 0 Å². The van der Waals surface area contributed by atoms with Gasteiger partial charge in [-0.05, 0) is 93.6 Å². The molecule has 3 aromatic rings. The number of nitrogens with zero attached hydrogens (tertiary/aromatic N) is 5. The van der Waals surface area contributed by atoms with Gasteiger partial charge in [-0.2, -0.15) is 9.57 Å². The van der Waals surface area contributed by atoms with Crippen LogP contribution in [0.5, 0.6) is 17.4 Å². The number of ether oxygens (including phenoxy) is 3. The molecule has 1 atom stereocenters. The molecule has 15 heteroatoms. The second kappa shape index (κ2) is 13.9. The summed E-state index contributed by atoms with van der Waals surface area (Å²) in [6.07, 6.45) is 5.40. The Morgan fingerprint density at radius 1 is 1.06 bits per heavy atom. The number of piperidine rings is 2. The number of hydrogen-bond acceptors (Lipinski definition) is 11. The zero-order chi connectivity index (χ0) is 36.7. The van der Waals surface area contributed by atoms with Gasteiger partial charge in [-0.3, -0.25) is 9.69 Å². The van der Waals surface area contributed by atoms with Crippen LogP contribution in [-0.4, -0.2) is 101 Å². The first-order valence-electron chi connectivity index (χ1n) is 17.6. The molecule has 1 spiro atoms. The van der Waals surface area contributed by atoms with Crippen molar-refractivity contribution in [3.05, 3.63) is 71.4 Å². The zero-order valence-electron chi connectivity index (χ0n) is 29.6. The lowest BCUT2D eigenvalue weighted by Crippen LogP contribution is -2.65. The smallest absolute Gasteiger partial charge is 0.318 e. The summed E-state index contributed by atoms with van der Waals surface area (Å²) in [6, 6.07) is 13.7. The lowest BCUT2D eigenvalue weighted by Gasteiger charge is -2.57. The Balaban J connectivity index is 1.27. The third kappa shape index (κ3) is 5.88. The van der Waals surface area contributed by atoms with E-state index in [0.717, 1.165) is 51.9 Å². The maximum atomic E-state index is 15.2. The summed E-state index contributed by atoms with van der Waals surface area (Å²) in [6.45, 7) is 6.97. The van der Waals surface area contributed by atoms with Gasteiger partial charge in [-0.25, -0.2) is 18.2 Å². The third-order valence-corrected chi connectivity index (χ3v) is 12.6. The number of urea groups is 1. The number of fused-ring (bicyclic) bond motifs is 1. The number of carbonyl (C=O) groups excluding carboxylic acids is 2. The number of rotatable bonds is 9. The second-order valence-corrected chi connectivity index (χ2v) is 15.5. The maximum Gasteiger partial charge on any atom is 0.318 e. The van der Waals surface area contributed by atoms with E-state index in [1.54, 1.807) is 24.0 Å². The van der Waals surface area contributed by atoms with Gasteiger partial charge < -0.3 is 29.7 Å². The van der Waals surface area contributed by atoms with Gasteiger partial charge in [0.25, 0.3) is 15.9 Å². The fourth-order valence-electron chi connectivity index (χ4n) is 8.15. The number of hydrogen-bond donors (Lipinski definition) is 2. The van der Waals surface area contributed by atoms with Gasteiger partial charge >= 0.3 is 6.03 Å². The number of aromatic nitrogens is 1. The molecule has 14 nitrogen and oxygen atoms in total. The minimum Gasteiger partial charge on any atom is -0.497 e. The van der Waals surface area contributed by atoms with Crippen molar-refractivity contribution in [2.24, 2.45) is 5.41 Å². The maximum absolute atomic E-state index is 15.2. The average molecular weight is 730 g/mol. The zero-order valence-corrected chi connectivity index (χ0v) is 30.4. The number of likely N-dealkylation sites (tertiary alicyclic amines) is 2. The van der Waals surface area contributed by atoms with E-state index in [4.69, 9.17) is 14.2 Å². The van der Waals surface area contributed by atoms with Crippen molar-refractivity contribution in [1.29, 1.82) is 5.26 Å². The molecule has 1 aromatic heterocycles. The Labute approximate surface area is 303 Å². The van der Waals surface area contributed by atoms with Crippen LogP contribution in [0, 0.1) is 16.7 Å². The molecule has 0 aliphatic carbocycles. The molecule has 0 unspecified atom stereocenters. The molecular formula is C37H43N7O7S. The molecule has 274 valence electrons. The van der Waals surface area contributed by atoms with Crippen LogP contribution in [0.1, 0.15) is 49.3 Å². The van der Waals surface area contributed by atoms with E-state index >= 15 is 4.79 Å². The van der Waals surface area contributed by atoms with Crippen LogP contribution in [0.3, 0.4) is 0 Å². The highest BCUT2D eigenvalue weighted by atomic mass is 32.2. The number of anilines is 1. The van der Waals surface area contributed by atoms with Gasteiger partial charge in [0.15, 0.2) is 5.54 Å². The number of benzene rings is 2. The number of nitrogens with one attached hydrogen (secondary N) is 2. The van der Waals surface area contributed by atoms with Crippen LogP contribution in [0.2, 0.25) is 0 Å². The fraction of sp³-hybridized carbons (Fsp3) is 0.459. The molecule has 4 aliphatic rings. The van der Waals surface area contributed by atoms with Crippen molar-refractivity contribution in [3.63, 3.8) is 0 Å². The summed E-state index contributed by atoms with van der Waals surface area (Å²) in [7, 11) is -1.94. The van der Waals surface area contributed by atoms with Crippen molar-refractivity contribution in [2.45, 2.75) is 49.1 Å². The van der Waals surface area contributed by atoms with Gasteiger partial charge in [0.2, 0.25) is 5.88 Å². The number of carbonyl (C=O) groups is 2. The van der Waals surface area contributed by atoms with Crippen molar-refractivity contribution < 1.29 is 32.2 Å². The number of pyridine rings is 1. The Morgan fingerprint density at radius 3 is 2.48 bits per heavy atom. The summed E-state index contributed by atoms with van der Waals surface area (Å²) in [4.78, 5) is 38.0. The molecule has 5 heterocycles. The third-order valence-electron chi connectivity index (χ3n) is 10.9. The number of sulfonamides is 1. The molecule has 2 N–H and O–H groups in total. The van der Waals surface area contributed by atoms with Crippen molar-refractivity contribution in [2.75, 3.05) is 64.4 Å². The standard InChI is InChI=1S/C37H43N7O7S/c1-4-51-33-28(6-5-15-40-33)37(41-35(46)42-18-13-36(14-19-42)23-43(24-36)26-11-16-39-17-12-26)29-20-25(22-38)7-9-30(29)44(34(37)45)52(47,48)32-10-8-27(49-2)21-31(32)50-3/h5-10,15,20-21,26,39H,4,11-14,16-19,23-24H2,1-3H3,(H,41,46)/t37-/m0/s1. The monoisotopic (exact) mass is 729 g/mol. The highest BCUT2D eigenvalue weighted by Crippen LogP contribution is 2.50. The quantitative estimate of drug-likeness (QED) is 0.332. The normalized spacial score (nSPS) is 21.6. The van der Waals surface area contributed by atoms with Gasteiger partial charge in [0.1, 0.15) is 16.4 Å². The molecule has 3 amide bonds. The fourth-order valence-corrected chi connectivity index (χ4v) is 9.75. The molecule has 0 saturated carbocycles. The Hall–Kier alpha value is -4.91. The Kier molecular flexibility index (Phi) is 9.49. The molecule has 0 bridgehead atoms. The molecule has 3 saturated heterocycles. The van der Waals surface area contributed by atoms with Crippen molar-refractivity contribution in [3.8, 4) is 23.4 Å². The topological polar surface area (TPSA) is 166 Å². The van der Waals surface area contributed by atoms with E-state index in [9.17, 15) is 18.5 Å². The van der Waals surface area contributed by atoms with Crippen molar-refractivity contribution >= 4 is 27.6 Å². The molecule has 7 rings (SSSR count). The summed E-state index contributed by atoms with van der Waals surface area (Å²) in [5.74, 6) is -0.636. The van der Waals surface area contributed by atoms with E-state index in [0.29, 0.717) is 29.2 Å². The van der Waals surface area contributed by atoms with Crippen LogP contribution in [-0.2, 0) is 20.4 Å². The molecular weight excluding hydrogens is 687 g/mol. The van der Waals surface area contributed by atoms with Gasteiger partial charge in [-0.1, -0.05) is 0 Å². The first kappa shape index (κ1) is 35.5. The average Bonchev–Trinajstić information content (AvgIpc) is 3.41. The van der Waals surface area contributed by atoms with E-state index in [2.05, 4.69) is 26.6 Å². The van der Waals surface area contributed by atoms with Gasteiger partial charge in [-0.15, -0.1) is 0 Å². The molecule has 52 heavy (non-hydrogen) atoms. The Morgan fingerprint density at radius 2 is 1.81 bits per heavy atom. The highest BCUT2D eigenvalue weighted by molar-refractivity contribution is 7.93. The first-order chi connectivity index (χ1) is 25.1. The molecule has 2 aromatic carbocycles. The predicted octanol–water partition coefficient (Wildman–Crippen LogP) is 3.21. The first-order valence-corrected chi connectivity index (χ1v) is 19.0. The predicted molar refractivity (Wildman–Crippen MR) is 191 cm³/mol. The van der Waals surface area contributed by atoms with E-state index in [1.165, 1.54) is 56.8 Å². The summed E-state index contributed by atoms with van der Waals surface area (Å²) in [5, 5.41) is 16.4. The summed E-state index contributed by atoms with van der Waals surface area (Å²) < 4.78 is 46.6. The lowest BCUT2D eigenvalue weighted by molar-refractivity contribution is -0.121. The molecule has 0 radical (unpaired) electrons. The minimum atomic E-state index is -4.69. The molecule has 4 aliphatic heterocycles. The van der Waals surface area contributed by atoms with E-state index in [-0.39, 0.29) is 50.9 Å². The number of amides is 3. The minimum absolute atomic E-state index is 0.0291. The lowest BCUT2D eigenvalue weighted by atomic mass is 9.71. The van der Waals surface area contributed by atoms with Gasteiger partial charge in [0.05, 0.1) is 43.7 Å². The second-order valence-electron chi connectivity index (χ2n) is 13.8. The van der Waals surface area contributed by atoms with Crippen LogP contribution < -0.4 is 29.1 Å². The van der Waals surface area contributed by atoms with Crippen LogP contribution in [0.4, 0.5) is 10.5 Å². The number of nitriles is 1. The van der Waals surface area contributed by atoms with Gasteiger partial charge in [0, 0.05) is 50.0 Å². The SMILES string of the molecule is CCOc1ncccc1[C@@]1(NC(=O)N2CCC3(CC2)CN(C2CCNCC2)C3)C(=O)N(S(=O)(=O)c2ccc(OC)cc2OC)c2ccc(C#N)cc21. The van der Waals surface area contributed by atoms with Crippen molar-refractivity contribution in [1.82, 2.24) is 25.4 Å².